The van der Waals surface area contributed by atoms with Gasteiger partial charge >= 0.3 is 0 Å². The Morgan fingerprint density at radius 2 is 1.68 bits per heavy atom. The fraction of sp³-hybridized carbons (Fsp3) is 0.419. The van der Waals surface area contributed by atoms with E-state index >= 15 is 0 Å². The van der Waals surface area contributed by atoms with Gasteiger partial charge in [0.1, 0.15) is 0 Å². The molecule has 2 aromatic rings. The van der Waals surface area contributed by atoms with Crippen LogP contribution in [-0.2, 0) is 21.2 Å². The zero-order valence-corrected chi connectivity index (χ0v) is 25.4. The third-order valence-corrected chi connectivity index (χ3v) is 8.92. The van der Waals surface area contributed by atoms with Gasteiger partial charge in [0.05, 0.1) is 23.5 Å². The van der Waals surface area contributed by atoms with Crippen molar-refractivity contribution < 1.29 is 22.7 Å². The molecule has 1 aliphatic heterocycles. The molecule has 0 unspecified atom stereocenters. The topological polar surface area (TPSA) is 85.3 Å². The van der Waals surface area contributed by atoms with Crippen molar-refractivity contribution in [2.45, 2.75) is 70.1 Å². The predicted molar refractivity (Wildman–Crippen MR) is 164 cm³/mol. The number of benzene rings is 2. The number of aryl methyl sites for hydroxylation is 1. The maximum absolute atomic E-state index is 13.2. The van der Waals surface area contributed by atoms with E-state index in [1.807, 2.05) is 19.1 Å². The summed E-state index contributed by atoms with van der Waals surface area (Å²) in [4.78, 5) is 15.0. The zero-order chi connectivity index (χ0) is 29.0. The molecule has 1 amide bonds. The van der Waals surface area contributed by atoms with Crippen molar-refractivity contribution in [3.63, 3.8) is 0 Å². The molecular weight excluding hydrogens is 544 g/mol. The summed E-state index contributed by atoms with van der Waals surface area (Å²) in [7, 11) is -2.41. The Morgan fingerprint density at radius 1 is 0.975 bits per heavy atom. The number of hydrogen-bond acceptors (Lipinski definition) is 6. The lowest BCUT2D eigenvalue weighted by atomic mass is 10.1. The first-order valence-corrected chi connectivity index (χ1v) is 16.2. The summed E-state index contributed by atoms with van der Waals surface area (Å²) in [6.45, 7) is 8.65. The minimum absolute atomic E-state index is 0.0825. The van der Waals surface area contributed by atoms with Crippen molar-refractivity contribution in [1.82, 2.24) is 4.90 Å². The van der Waals surface area contributed by atoms with E-state index in [1.165, 1.54) is 37.0 Å². The number of amidine groups is 1. The van der Waals surface area contributed by atoms with Crippen LogP contribution < -0.4 is 9.47 Å². The summed E-state index contributed by atoms with van der Waals surface area (Å²) in [6, 6.07) is 12.1. The Morgan fingerprint density at radius 3 is 2.33 bits per heavy atom. The van der Waals surface area contributed by atoms with Crippen LogP contribution in [-0.4, -0.2) is 44.7 Å². The highest BCUT2D eigenvalue weighted by molar-refractivity contribution is 8.19. The van der Waals surface area contributed by atoms with Crippen molar-refractivity contribution in [3.8, 4) is 11.5 Å². The maximum Gasteiger partial charge on any atom is 0.284 e. The lowest BCUT2D eigenvalue weighted by Crippen LogP contribution is -2.29. The van der Waals surface area contributed by atoms with Gasteiger partial charge in [-0.2, -0.15) is 8.42 Å². The smallest absolute Gasteiger partial charge is 0.284 e. The largest absolute Gasteiger partial charge is 0.493 e. The van der Waals surface area contributed by atoms with Crippen molar-refractivity contribution in [1.29, 1.82) is 0 Å². The Labute approximate surface area is 243 Å². The highest BCUT2D eigenvalue weighted by Gasteiger charge is 2.34. The quantitative estimate of drug-likeness (QED) is 0.118. The van der Waals surface area contributed by atoms with Gasteiger partial charge in [-0.1, -0.05) is 76.6 Å². The molecule has 1 fully saturated rings. The molecule has 2 aromatic carbocycles. The third-order valence-electron chi connectivity index (χ3n) is 6.52. The van der Waals surface area contributed by atoms with Crippen molar-refractivity contribution in [2.24, 2.45) is 4.40 Å². The number of thioether (sulfide) groups is 1. The van der Waals surface area contributed by atoms with Crippen LogP contribution in [0.1, 0.15) is 69.9 Å². The minimum Gasteiger partial charge on any atom is -0.493 e. The summed E-state index contributed by atoms with van der Waals surface area (Å²) in [5.41, 5.74) is 1.77. The second-order valence-corrected chi connectivity index (χ2v) is 12.2. The number of carbonyl (C=O) groups is 1. The average Bonchev–Trinajstić information content (AvgIpc) is 3.23. The highest BCUT2D eigenvalue weighted by atomic mass is 32.2. The van der Waals surface area contributed by atoms with Gasteiger partial charge in [-0.05, 0) is 66.1 Å². The number of carbonyl (C=O) groups excluding carboxylic acids is 1. The highest BCUT2D eigenvalue weighted by Crippen LogP contribution is 2.35. The zero-order valence-electron chi connectivity index (χ0n) is 23.7. The van der Waals surface area contributed by atoms with E-state index in [-0.39, 0.29) is 22.5 Å². The molecule has 3 rings (SSSR count). The van der Waals surface area contributed by atoms with E-state index in [4.69, 9.17) is 9.47 Å². The number of nitrogens with zero attached hydrogens (tertiary/aromatic N) is 2. The van der Waals surface area contributed by atoms with E-state index < -0.39 is 10.0 Å². The first-order chi connectivity index (χ1) is 19.3. The van der Waals surface area contributed by atoms with Gasteiger partial charge in [-0.25, -0.2) is 0 Å². The predicted octanol–water partition coefficient (Wildman–Crippen LogP) is 7.23. The molecule has 9 heteroatoms. The average molecular weight is 585 g/mol. The maximum atomic E-state index is 13.2. The second kappa shape index (κ2) is 15.7. The molecule has 40 heavy (non-hydrogen) atoms. The number of amides is 1. The minimum atomic E-state index is -4.00. The molecular formula is C31H40N2O5S2. The molecule has 1 aliphatic rings. The number of methoxy groups -OCH3 is 1. The molecule has 1 saturated heterocycles. The summed E-state index contributed by atoms with van der Waals surface area (Å²) in [5, 5.41) is 0.0969. The number of rotatable bonds is 16. The molecule has 0 saturated carbocycles. The van der Waals surface area contributed by atoms with Crippen molar-refractivity contribution in [3.05, 3.63) is 71.2 Å². The van der Waals surface area contributed by atoms with E-state index in [9.17, 15) is 13.2 Å². The van der Waals surface area contributed by atoms with Crippen LogP contribution in [0.5, 0.6) is 11.5 Å². The summed E-state index contributed by atoms with van der Waals surface area (Å²) in [5.74, 6) is 0.890. The van der Waals surface area contributed by atoms with E-state index in [1.54, 1.807) is 49.6 Å². The van der Waals surface area contributed by atoms with Gasteiger partial charge in [-0.3, -0.25) is 9.69 Å². The standard InChI is InChI=1S/C31H40N2O5S2/c1-5-8-9-10-11-12-13-21-38-28-22-25(16-19-27(28)37-4)23-29-30(34)33(20-6-2)31(39-29)32-40(35,36)26-17-14-24(7-3)15-18-26/h6,14-19,22-23H,2,5,7-13,20-21H2,1,3-4H3/b29-23-,32-31?. The Hall–Kier alpha value is -3.04. The first kappa shape index (κ1) is 31.5. The van der Waals surface area contributed by atoms with Gasteiger partial charge in [0.15, 0.2) is 16.7 Å². The summed E-state index contributed by atoms with van der Waals surface area (Å²) >= 11 is 1.03. The lowest BCUT2D eigenvalue weighted by molar-refractivity contribution is -0.121. The summed E-state index contributed by atoms with van der Waals surface area (Å²) < 4.78 is 41.6. The molecule has 0 aromatic heterocycles. The van der Waals surface area contributed by atoms with E-state index in [0.29, 0.717) is 23.0 Å². The number of sulfonamides is 1. The monoisotopic (exact) mass is 584 g/mol. The second-order valence-electron chi connectivity index (χ2n) is 9.54. The Kier molecular flexibility index (Phi) is 12.3. The molecule has 216 valence electrons. The molecule has 0 bridgehead atoms. The fourth-order valence-corrected chi connectivity index (χ4v) is 6.40. The fourth-order valence-electron chi connectivity index (χ4n) is 4.21. The lowest BCUT2D eigenvalue weighted by Gasteiger charge is -2.12. The van der Waals surface area contributed by atoms with Gasteiger partial charge in [0.2, 0.25) is 0 Å². The van der Waals surface area contributed by atoms with Crippen LogP contribution in [0.2, 0.25) is 0 Å². The van der Waals surface area contributed by atoms with Crippen LogP contribution in [0.3, 0.4) is 0 Å². The van der Waals surface area contributed by atoms with E-state index in [2.05, 4.69) is 17.9 Å². The molecule has 0 atom stereocenters. The first-order valence-electron chi connectivity index (χ1n) is 13.9. The van der Waals surface area contributed by atoms with Crippen LogP contribution in [0.4, 0.5) is 0 Å². The van der Waals surface area contributed by atoms with Crippen LogP contribution in [0.25, 0.3) is 6.08 Å². The molecule has 0 radical (unpaired) electrons. The molecule has 0 N–H and O–H groups in total. The van der Waals surface area contributed by atoms with Crippen LogP contribution in [0.15, 0.2) is 69.3 Å². The molecule has 0 aliphatic carbocycles. The molecule has 0 spiro atoms. The number of ether oxygens (including phenoxy) is 2. The SMILES string of the molecule is C=CCN1C(=O)/C(=C/c2ccc(OC)c(OCCCCCCCCC)c2)SC1=NS(=O)(=O)c1ccc(CC)cc1. The van der Waals surface area contributed by atoms with Gasteiger partial charge < -0.3 is 9.47 Å². The van der Waals surface area contributed by atoms with Crippen molar-refractivity contribution in [2.75, 3.05) is 20.3 Å². The third kappa shape index (κ3) is 8.73. The Balaban J connectivity index is 1.76. The van der Waals surface area contributed by atoms with Crippen molar-refractivity contribution >= 4 is 38.9 Å². The van der Waals surface area contributed by atoms with Gasteiger partial charge in [0.25, 0.3) is 15.9 Å². The van der Waals surface area contributed by atoms with Crippen LogP contribution >= 0.6 is 11.8 Å². The van der Waals surface area contributed by atoms with E-state index in [0.717, 1.165) is 42.2 Å². The Bertz CT molecular complexity index is 1320. The number of unbranched alkanes of at least 4 members (excludes halogenated alkanes) is 6. The van der Waals surface area contributed by atoms with Crippen LogP contribution in [0, 0.1) is 0 Å². The molecule has 1 heterocycles. The summed E-state index contributed by atoms with van der Waals surface area (Å²) in [6.07, 6.45) is 12.4. The molecule has 7 nitrogen and oxygen atoms in total. The van der Waals surface area contributed by atoms with Gasteiger partial charge in [0, 0.05) is 6.54 Å². The van der Waals surface area contributed by atoms with Gasteiger partial charge in [-0.15, -0.1) is 11.0 Å². The number of hydrogen-bond donors (Lipinski definition) is 0. The normalized spacial score (nSPS) is 15.7.